The van der Waals surface area contributed by atoms with Crippen LogP contribution < -0.4 is 5.32 Å². The molecule has 0 fully saturated rings. The monoisotopic (exact) mass is 371 g/mol. The van der Waals surface area contributed by atoms with E-state index in [2.05, 4.69) is 24.1 Å². The minimum atomic E-state index is -0.471. The third-order valence-electron chi connectivity index (χ3n) is 4.21. The fourth-order valence-electron chi connectivity index (χ4n) is 2.65. The maximum absolute atomic E-state index is 12.1. The van der Waals surface area contributed by atoms with Gasteiger partial charge in [0.2, 0.25) is 0 Å². The van der Waals surface area contributed by atoms with Gasteiger partial charge in [0.15, 0.2) is 11.6 Å². The first-order chi connectivity index (χ1) is 12.6. The van der Waals surface area contributed by atoms with Gasteiger partial charge in [-0.3, -0.25) is 14.0 Å². The van der Waals surface area contributed by atoms with Gasteiger partial charge >= 0.3 is 5.97 Å². The fourth-order valence-corrected chi connectivity index (χ4v) is 3.37. The summed E-state index contributed by atoms with van der Waals surface area (Å²) < 4.78 is 6.94. The Kier molecular flexibility index (Phi) is 5.68. The fraction of sp³-hybridized carbons (Fsp3) is 0.316. The van der Waals surface area contributed by atoms with Gasteiger partial charge in [-0.1, -0.05) is 32.0 Å². The van der Waals surface area contributed by atoms with Crippen LogP contribution in [0.5, 0.6) is 0 Å². The van der Waals surface area contributed by atoms with Gasteiger partial charge in [0.25, 0.3) is 5.91 Å². The smallest absolute Gasteiger partial charge is 0.312 e. The Bertz CT molecular complexity index is 887. The van der Waals surface area contributed by atoms with Crippen molar-refractivity contribution in [3.05, 3.63) is 53.3 Å². The zero-order chi connectivity index (χ0) is 18.5. The van der Waals surface area contributed by atoms with Crippen LogP contribution >= 0.6 is 11.3 Å². The van der Waals surface area contributed by atoms with Crippen molar-refractivity contribution in [2.45, 2.75) is 32.6 Å². The molecule has 6 nitrogen and oxygen atoms in total. The highest BCUT2D eigenvalue weighted by molar-refractivity contribution is 7.15. The van der Waals surface area contributed by atoms with Gasteiger partial charge in [-0.25, -0.2) is 4.98 Å². The number of para-hydroxylation sites is 1. The van der Waals surface area contributed by atoms with E-state index in [9.17, 15) is 9.59 Å². The van der Waals surface area contributed by atoms with E-state index in [0.717, 1.165) is 22.6 Å². The summed E-state index contributed by atoms with van der Waals surface area (Å²) in [7, 11) is 0. The van der Waals surface area contributed by atoms with Crippen LogP contribution in [-0.2, 0) is 20.7 Å². The highest BCUT2D eigenvalue weighted by Crippen LogP contribution is 2.26. The second-order valence-corrected chi connectivity index (χ2v) is 6.98. The van der Waals surface area contributed by atoms with Gasteiger partial charge < -0.3 is 10.1 Å². The third kappa shape index (κ3) is 4.29. The maximum atomic E-state index is 12.1. The first-order valence-corrected chi connectivity index (χ1v) is 9.40. The predicted molar refractivity (Wildman–Crippen MR) is 102 cm³/mol. The molecule has 0 radical (unpaired) electrons. The highest BCUT2D eigenvalue weighted by Gasteiger charge is 2.14. The number of hydrogen-bond acceptors (Lipinski definition) is 5. The van der Waals surface area contributed by atoms with Crippen molar-refractivity contribution in [1.82, 2.24) is 9.38 Å². The quantitative estimate of drug-likeness (QED) is 0.644. The van der Waals surface area contributed by atoms with Crippen molar-refractivity contribution in [3.8, 4) is 0 Å². The van der Waals surface area contributed by atoms with E-state index in [-0.39, 0.29) is 18.9 Å². The van der Waals surface area contributed by atoms with E-state index in [1.54, 1.807) is 6.20 Å². The van der Waals surface area contributed by atoms with Crippen molar-refractivity contribution < 1.29 is 14.3 Å². The molecule has 3 rings (SSSR count). The van der Waals surface area contributed by atoms with E-state index in [4.69, 9.17) is 4.74 Å². The van der Waals surface area contributed by atoms with E-state index in [0.29, 0.717) is 11.6 Å². The molecule has 1 aromatic carbocycles. The molecule has 0 spiro atoms. The molecule has 0 aliphatic rings. The summed E-state index contributed by atoms with van der Waals surface area (Å²) in [6.45, 7) is 3.90. The summed E-state index contributed by atoms with van der Waals surface area (Å²) in [5, 5.41) is 4.75. The van der Waals surface area contributed by atoms with E-state index in [1.165, 1.54) is 11.3 Å². The number of ether oxygens (including phenoxy) is 1. The Labute approximate surface area is 155 Å². The molecule has 26 heavy (non-hydrogen) atoms. The van der Waals surface area contributed by atoms with Crippen LogP contribution in [0, 0.1) is 0 Å². The number of esters is 1. The van der Waals surface area contributed by atoms with Crippen LogP contribution in [0.25, 0.3) is 4.96 Å². The number of anilines is 1. The Morgan fingerprint density at radius 3 is 2.92 bits per heavy atom. The zero-order valence-corrected chi connectivity index (χ0v) is 15.6. The molecule has 7 heteroatoms. The summed E-state index contributed by atoms with van der Waals surface area (Å²) in [5.41, 5.74) is 2.47. The lowest BCUT2D eigenvalue weighted by Crippen LogP contribution is -2.22. The Hall–Kier alpha value is -2.67. The van der Waals surface area contributed by atoms with Crippen LogP contribution in [0.3, 0.4) is 0 Å². The summed E-state index contributed by atoms with van der Waals surface area (Å²) in [6.07, 6.45) is 4.69. The molecule has 0 bridgehead atoms. The second kappa shape index (κ2) is 8.14. The van der Waals surface area contributed by atoms with E-state index >= 15 is 0 Å². The Morgan fingerprint density at radius 1 is 1.35 bits per heavy atom. The molecule has 2 aromatic heterocycles. The SMILES string of the molecule is CC[C@H](C)c1ccccc1NC(=O)COC(=O)Cc1cn2ccsc2n1. The molecular formula is C19H21N3O3S. The van der Waals surface area contributed by atoms with Gasteiger partial charge in [0.05, 0.1) is 12.1 Å². The largest absolute Gasteiger partial charge is 0.455 e. The normalized spacial score (nSPS) is 12.1. The molecule has 136 valence electrons. The number of fused-ring (bicyclic) bond motifs is 1. The zero-order valence-electron chi connectivity index (χ0n) is 14.8. The number of carbonyl (C=O) groups excluding carboxylic acids is 2. The average Bonchev–Trinajstić information content (AvgIpc) is 3.21. The summed E-state index contributed by atoms with van der Waals surface area (Å²) in [4.78, 5) is 29.2. The number of carbonyl (C=O) groups is 2. The van der Waals surface area contributed by atoms with Crippen molar-refractivity contribution >= 4 is 33.9 Å². The van der Waals surface area contributed by atoms with Crippen molar-refractivity contribution in [1.29, 1.82) is 0 Å². The molecular weight excluding hydrogens is 350 g/mol. The number of nitrogens with one attached hydrogen (secondary N) is 1. The van der Waals surface area contributed by atoms with E-state index in [1.807, 2.05) is 40.2 Å². The molecule has 2 heterocycles. The first kappa shape index (κ1) is 18.1. The minimum absolute atomic E-state index is 0.0468. The standard InChI is InChI=1S/C19H21N3O3S/c1-3-13(2)15-6-4-5-7-16(15)21-17(23)12-25-18(24)10-14-11-22-8-9-26-19(22)20-14/h4-9,11,13H,3,10,12H2,1-2H3,(H,21,23)/t13-/m0/s1. The van der Waals surface area contributed by atoms with Gasteiger partial charge in [0.1, 0.15) is 0 Å². The molecule has 1 atom stereocenters. The van der Waals surface area contributed by atoms with Gasteiger partial charge in [-0.05, 0) is 24.0 Å². The van der Waals surface area contributed by atoms with E-state index < -0.39 is 5.97 Å². The summed E-state index contributed by atoms with van der Waals surface area (Å²) >= 11 is 1.50. The predicted octanol–water partition coefficient (Wildman–Crippen LogP) is 3.63. The topological polar surface area (TPSA) is 72.7 Å². The van der Waals surface area contributed by atoms with Gasteiger partial charge in [0, 0.05) is 23.5 Å². The molecule has 0 aliphatic carbocycles. The molecule has 3 aromatic rings. The molecule has 1 N–H and O–H groups in total. The van der Waals surface area contributed by atoms with Crippen molar-refractivity contribution in [2.24, 2.45) is 0 Å². The number of nitrogens with zero attached hydrogens (tertiary/aromatic N) is 2. The summed E-state index contributed by atoms with van der Waals surface area (Å²) in [6, 6.07) is 7.68. The van der Waals surface area contributed by atoms with Crippen LogP contribution in [0.4, 0.5) is 5.69 Å². The Morgan fingerprint density at radius 2 is 2.15 bits per heavy atom. The van der Waals surface area contributed by atoms with Crippen molar-refractivity contribution in [3.63, 3.8) is 0 Å². The van der Waals surface area contributed by atoms with Crippen molar-refractivity contribution in [2.75, 3.05) is 11.9 Å². The summed E-state index contributed by atoms with van der Waals surface area (Å²) in [5.74, 6) is -0.482. The van der Waals surface area contributed by atoms with Crippen LogP contribution in [0.1, 0.15) is 37.4 Å². The minimum Gasteiger partial charge on any atom is -0.455 e. The highest BCUT2D eigenvalue weighted by atomic mass is 32.1. The lowest BCUT2D eigenvalue weighted by atomic mass is 9.97. The molecule has 0 unspecified atom stereocenters. The number of aromatic nitrogens is 2. The maximum Gasteiger partial charge on any atom is 0.312 e. The lowest BCUT2D eigenvalue weighted by Gasteiger charge is -2.15. The average molecular weight is 371 g/mol. The number of benzene rings is 1. The third-order valence-corrected chi connectivity index (χ3v) is 4.98. The lowest BCUT2D eigenvalue weighted by molar-refractivity contribution is -0.146. The molecule has 1 amide bonds. The first-order valence-electron chi connectivity index (χ1n) is 8.52. The molecule has 0 saturated heterocycles. The number of amides is 1. The van der Waals surface area contributed by atoms with Crippen LogP contribution in [0.2, 0.25) is 0 Å². The van der Waals surface area contributed by atoms with Gasteiger partial charge in [-0.15, -0.1) is 11.3 Å². The second-order valence-electron chi connectivity index (χ2n) is 6.11. The number of thiazole rings is 1. The van der Waals surface area contributed by atoms with Gasteiger partial charge in [-0.2, -0.15) is 0 Å². The van der Waals surface area contributed by atoms with Crippen LogP contribution in [0.15, 0.2) is 42.0 Å². The number of imidazole rings is 1. The Balaban J connectivity index is 1.52. The molecule has 0 saturated carbocycles. The number of rotatable bonds is 7. The molecule has 0 aliphatic heterocycles. The number of hydrogen-bond donors (Lipinski definition) is 1. The van der Waals surface area contributed by atoms with Crippen LogP contribution in [-0.4, -0.2) is 27.9 Å².